The average Bonchev–Trinajstić information content (AvgIpc) is 2.60. The highest BCUT2D eigenvalue weighted by molar-refractivity contribution is 5.94. The second-order valence-electron chi connectivity index (χ2n) is 5.58. The van der Waals surface area contributed by atoms with Crippen LogP contribution in [0.2, 0.25) is 0 Å². The number of methoxy groups -OCH3 is 2. The molecule has 0 bridgehead atoms. The van der Waals surface area contributed by atoms with Crippen molar-refractivity contribution in [3.05, 3.63) is 18.2 Å². The molecule has 1 amide bonds. The fraction of sp³-hybridized carbons (Fsp3) is 0.529. The predicted octanol–water partition coefficient (Wildman–Crippen LogP) is 2.27. The number of likely N-dealkylation sites (tertiary alicyclic amines) is 1. The van der Waals surface area contributed by atoms with Crippen LogP contribution < -0.4 is 14.8 Å². The number of hydrogen-bond acceptors (Lipinski definition) is 5. The lowest BCUT2D eigenvalue weighted by molar-refractivity contribution is -0.121. The Morgan fingerprint density at radius 2 is 2.09 bits per heavy atom. The van der Waals surface area contributed by atoms with Gasteiger partial charge in [-0.05, 0) is 38.1 Å². The van der Waals surface area contributed by atoms with E-state index in [4.69, 9.17) is 14.7 Å². The molecule has 1 aliphatic rings. The lowest BCUT2D eigenvalue weighted by atomic mass is 9.95. The summed E-state index contributed by atoms with van der Waals surface area (Å²) in [6, 6.07) is 7.49. The van der Waals surface area contributed by atoms with Crippen molar-refractivity contribution in [1.29, 1.82) is 5.26 Å². The topological polar surface area (TPSA) is 74.6 Å². The molecule has 124 valence electrons. The Bertz CT molecular complexity index is 575. The predicted molar refractivity (Wildman–Crippen MR) is 87.6 cm³/mol. The van der Waals surface area contributed by atoms with Gasteiger partial charge in [0.25, 0.3) is 0 Å². The van der Waals surface area contributed by atoms with Gasteiger partial charge < -0.3 is 19.7 Å². The summed E-state index contributed by atoms with van der Waals surface area (Å²) < 4.78 is 10.5. The van der Waals surface area contributed by atoms with Crippen molar-refractivity contribution in [3.8, 4) is 17.6 Å². The molecule has 0 saturated carbocycles. The minimum absolute atomic E-state index is 0.000133. The SMILES string of the molecule is COc1ccc(NC(=O)C2CCN(CCC#N)CC2)c(OC)c1. The molecule has 6 heteroatoms. The summed E-state index contributed by atoms with van der Waals surface area (Å²) in [5.41, 5.74) is 0.658. The van der Waals surface area contributed by atoms with Gasteiger partial charge in [0.15, 0.2) is 0 Å². The fourth-order valence-electron chi connectivity index (χ4n) is 2.76. The standard InChI is InChI=1S/C17H23N3O3/c1-22-14-4-5-15(16(12-14)23-2)19-17(21)13-6-10-20(11-7-13)9-3-8-18/h4-5,12-13H,3,6-7,9-11H2,1-2H3,(H,19,21). The highest BCUT2D eigenvalue weighted by Gasteiger charge is 2.25. The van der Waals surface area contributed by atoms with Gasteiger partial charge in [0.05, 0.1) is 26.0 Å². The van der Waals surface area contributed by atoms with Crippen molar-refractivity contribution < 1.29 is 14.3 Å². The van der Waals surface area contributed by atoms with Crippen molar-refractivity contribution in [2.75, 3.05) is 39.2 Å². The Morgan fingerprint density at radius 1 is 1.35 bits per heavy atom. The van der Waals surface area contributed by atoms with Crippen molar-refractivity contribution >= 4 is 11.6 Å². The minimum atomic E-state index is 0.000133. The third-order valence-electron chi connectivity index (χ3n) is 4.16. The third-order valence-corrected chi connectivity index (χ3v) is 4.16. The zero-order chi connectivity index (χ0) is 16.7. The summed E-state index contributed by atoms with van der Waals surface area (Å²) >= 11 is 0. The van der Waals surface area contributed by atoms with E-state index in [1.54, 1.807) is 32.4 Å². The molecule has 6 nitrogen and oxygen atoms in total. The molecule has 1 aliphatic heterocycles. The summed E-state index contributed by atoms with van der Waals surface area (Å²) in [5, 5.41) is 11.6. The molecule has 1 fully saturated rings. The van der Waals surface area contributed by atoms with Gasteiger partial charge in [0.2, 0.25) is 5.91 Å². The number of carbonyl (C=O) groups excluding carboxylic acids is 1. The maximum atomic E-state index is 12.4. The van der Waals surface area contributed by atoms with Crippen LogP contribution in [0.25, 0.3) is 0 Å². The van der Waals surface area contributed by atoms with Crippen LogP contribution in [0.4, 0.5) is 5.69 Å². The molecular weight excluding hydrogens is 294 g/mol. The van der Waals surface area contributed by atoms with Crippen LogP contribution in [0.1, 0.15) is 19.3 Å². The highest BCUT2D eigenvalue weighted by atomic mass is 16.5. The molecule has 1 aromatic rings. The Morgan fingerprint density at radius 3 is 2.70 bits per heavy atom. The number of nitrogens with zero attached hydrogens (tertiary/aromatic N) is 2. The van der Waals surface area contributed by atoms with E-state index in [-0.39, 0.29) is 11.8 Å². The van der Waals surface area contributed by atoms with Crippen molar-refractivity contribution in [3.63, 3.8) is 0 Å². The lowest BCUT2D eigenvalue weighted by Gasteiger charge is -2.30. The van der Waals surface area contributed by atoms with E-state index in [2.05, 4.69) is 16.3 Å². The van der Waals surface area contributed by atoms with Gasteiger partial charge in [-0.15, -0.1) is 0 Å². The first-order valence-corrected chi connectivity index (χ1v) is 7.80. The van der Waals surface area contributed by atoms with Gasteiger partial charge in [-0.1, -0.05) is 0 Å². The molecule has 0 unspecified atom stereocenters. The molecule has 0 spiro atoms. The molecule has 23 heavy (non-hydrogen) atoms. The first-order valence-electron chi connectivity index (χ1n) is 7.80. The maximum absolute atomic E-state index is 12.4. The number of piperidine rings is 1. The zero-order valence-corrected chi connectivity index (χ0v) is 13.7. The first-order chi connectivity index (χ1) is 11.2. The van der Waals surface area contributed by atoms with E-state index >= 15 is 0 Å². The van der Waals surface area contributed by atoms with Crippen LogP contribution in [0.15, 0.2) is 18.2 Å². The Balaban J connectivity index is 1.92. The number of hydrogen-bond donors (Lipinski definition) is 1. The number of amides is 1. The molecular formula is C17H23N3O3. The van der Waals surface area contributed by atoms with Gasteiger partial charge in [0.1, 0.15) is 11.5 Å². The number of ether oxygens (including phenoxy) is 2. The van der Waals surface area contributed by atoms with Gasteiger partial charge in [-0.25, -0.2) is 0 Å². The van der Waals surface area contributed by atoms with E-state index in [1.165, 1.54) is 0 Å². The molecule has 1 aromatic carbocycles. The summed E-state index contributed by atoms with van der Waals surface area (Å²) in [6.45, 7) is 2.51. The number of benzene rings is 1. The second kappa shape index (κ2) is 8.39. The number of nitrogens with one attached hydrogen (secondary N) is 1. The summed E-state index contributed by atoms with van der Waals surface area (Å²) in [6.07, 6.45) is 2.17. The largest absolute Gasteiger partial charge is 0.497 e. The molecule has 1 heterocycles. The van der Waals surface area contributed by atoms with Crippen LogP contribution >= 0.6 is 0 Å². The molecule has 0 radical (unpaired) electrons. The first kappa shape index (κ1) is 17.1. The Kier molecular flexibility index (Phi) is 6.24. The van der Waals surface area contributed by atoms with Gasteiger partial charge in [-0.3, -0.25) is 4.79 Å². The Hall–Kier alpha value is -2.26. The zero-order valence-electron chi connectivity index (χ0n) is 13.7. The van der Waals surface area contributed by atoms with Crippen molar-refractivity contribution in [2.24, 2.45) is 5.92 Å². The monoisotopic (exact) mass is 317 g/mol. The molecule has 0 atom stereocenters. The molecule has 0 aromatic heterocycles. The van der Waals surface area contributed by atoms with E-state index in [0.717, 1.165) is 32.5 Å². The molecule has 1 N–H and O–H groups in total. The van der Waals surface area contributed by atoms with Crippen LogP contribution in [0.3, 0.4) is 0 Å². The van der Waals surface area contributed by atoms with Crippen LogP contribution in [0.5, 0.6) is 11.5 Å². The number of rotatable bonds is 6. The van der Waals surface area contributed by atoms with E-state index in [9.17, 15) is 4.79 Å². The van der Waals surface area contributed by atoms with E-state index in [1.807, 2.05) is 0 Å². The summed E-state index contributed by atoms with van der Waals surface area (Å²) in [5.74, 6) is 1.29. The number of anilines is 1. The Labute approximate surface area is 137 Å². The minimum Gasteiger partial charge on any atom is -0.497 e. The maximum Gasteiger partial charge on any atom is 0.227 e. The molecule has 2 rings (SSSR count). The lowest BCUT2D eigenvalue weighted by Crippen LogP contribution is -2.38. The average molecular weight is 317 g/mol. The number of nitriles is 1. The van der Waals surface area contributed by atoms with Gasteiger partial charge in [0, 0.05) is 24.9 Å². The molecule has 1 saturated heterocycles. The van der Waals surface area contributed by atoms with Crippen LogP contribution in [-0.4, -0.2) is 44.7 Å². The summed E-state index contributed by atoms with van der Waals surface area (Å²) in [4.78, 5) is 14.7. The van der Waals surface area contributed by atoms with Gasteiger partial charge in [-0.2, -0.15) is 5.26 Å². The van der Waals surface area contributed by atoms with Crippen molar-refractivity contribution in [2.45, 2.75) is 19.3 Å². The smallest absolute Gasteiger partial charge is 0.227 e. The van der Waals surface area contributed by atoms with E-state index in [0.29, 0.717) is 23.6 Å². The third kappa shape index (κ3) is 4.60. The summed E-state index contributed by atoms with van der Waals surface area (Å²) in [7, 11) is 3.16. The molecule has 0 aliphatic carbocycles. The number of carbonyl (C=O) groups is 1. The van der Waals surface area contributed by atoms with Crippen LogP contribution in [-0.2, 0) is 4.79 Å². The quantitative estimate of drug-likeness (QED) is 0.871. The fourth-order valence-corrected chi connectivity index (χ4v) is 2.76. The van der Waals surface area contributed by atoms with Crippen molar-refractivity contribution in [1.82, 2.24) is 4.90 Å². The van der Waals surface area contributed by atoms with Gasteiger partial charge >= 0.3 is 0 Å². The second-order valence-corrected chi connectivity index (χ2v) is 5.58. The normalized spacial score (nSPS) is 15.7. The van der Waals surface area contributed by atoms with Crippen LogP contribution in [0, 0.1) is 17.2 Å². The highest BCUT2D eigenvalue weighted by Crippen LogP contribution is 2.30. The van der Waals surface area contributed by atoms with E-state index < -0.39 is 0 Å².